The smallest absolute Gasteiger partial charge is 0.184 e. The van der Waals surface area contributed by atoms with Gasteiger partial charge in [-0.15, -0.1) is 0 Å². The molecule has 6 nitrogen and oxygen atoms in total. The summed E-state index contributed by atoms with van der Waals surface area (Å²) in [7, 11) is 0. The van der Waals surface area contributed by atoms with E-state index in [0.717, 1.165) is 65.4 Å². The third-order valence-electron chi connectivity index (χ3n) is 13.0. The Bertz CT molecular complexity index is 2070. The summed E-state index contributed by atoms with van der Waals surface area (Å²) >= 11 is 0. The van der Waals surface area contributed by atoms with Gasteiger partial charge in [0.05, 0.1) is 35.4 Å². The molecule has 1 N–H and O–H groups in total. The van der Waals surface area contributed by atoms with Gasteiger partial charge in [-0.05, 0) is 80.3 Å². The topological polar surface area (TPSA) is 75.0 Å². The van der Waals surface area contributed by atoms with Gasteiger partial charge in [0.25, 0.3) is 0 Å². The van der Waals surface area contributed by atoms with Crippen LogP contribution in [0.5, 0.6) is 11.5 Å². The second-order valence-electron chi connectivity index (χ2n) is 15.8. The van der Waals surface area contributed by atoms with E-state index in [4.69, 9.17) is 14.2 Å². The van der Waals surface area contributed by atoms with Gasteiger partial charge in [0.2, 0.25) is 0 Å². The van der Waals surface area contributed by atoms with Crippen LogP contribution in [0.15, 0.2) is 127 Å². The maximum atomic E-state index is 13.3. The lowest BCUT2D eigenvalue weighted by atomic mass is 9.48. The molecule has 1 spiro atoms. The van der Waals surface area contributed by atoms with E-state index in [1.54, 1.807) is 0 Å². The van der Waals surface area contributed by atoms with Crippen LogP contribution in [0, 0.1) is 17.2 Å². The summed E-state index contributed by atoms with van der Waals surface area (Å²) in [4.78, 5) is 2.61. The van der Waals surface area contributed by atoms with Crippen molar-refractivity contribution in [2.75, 3.05) is 13.1 Å². The first-order valence-electron chi connectivity index (χ1n) is 19.3. The van der Waals surface area contributed by atoms with E-state index in [1.165, 1.54) is 18.4 Å². The quantitative estimate of drug-likeness (QED) is 0.149. The maximum absolute atomic E-state index is 13.3. The number of rotatable bonds is 10. The Balaban J connectivity index is 1.11. The van der Waals surface area contributed by atoms with E-state index in [9.17, 15) is 10.4 Å². The molecule has 3 fully saturated rings. The van der Waals surface area contributed by atoms with E-state index in [1.807, 2.05) is 42.5 Å². The monoisotopic (exact) mass is 700 g/mol. The maximum Gasteiger partial charge on any atom is 0.184 e. The van der Waals surface area contributed by atoms with Crippen LogP contribution in [-0.4, -0.2) is 46.9 Å². The van der Waals surface area contributed by atoms with Crippen LogP contribution < -0.4 is 9.47 Å². The Morgan fingerprint density at radius 3 is 2.04 bits per heavy atom. The molecule has 6 heteroatoms. The number of piperidine rings is 1. The summed E-state index contributed by atoms with van der Waals surface area (Å²) in [6, 6.07) is 45.6. The lowest BCUT2D eigenvalue weighted by molar-refractivity contribution is -0.217. The molecule has 3 aliphatic carbocycles. The third kappa shape index (κ3) is 5.02. The standard InChI is InChI=1S/C47H44N2O4/c48-29-32-16-20-34(21-17-32)31-51-40-24-25-46(50)41-28-35-22-23-39(43-42(35)45(46,44(40)52-43)26-27-49(41)30-33-18-19-33)53-47(36-10-4-1-5-11-36,37-12-6-2-7-13-37)38-14-8-3-9-15-38/h1-17,20-23,33,40-41,44,50H,18-19,24-28,30-31H2/t40-,41-,44+,45+,46-/m1/s1. The van der Waals surface area contributed by atoms with Crippen LogP contribution in [0.3, 0.4) is 0 Å². The molecule has 10 rings (SSSR count). The van der Waals surface area contributed by atoms with Gasteiger partial charge in [-0.25, -0.2) is 0 Å². The summed E-state index contributed by atoms with van der Waals surface area (Å²) in [5.74, 6) is 2.17. The van der Waals surface area contributed by atoms with Crippen LogP contribution in [0.2, 0.25) is 0 Å². The molecule has 5 aromatic rings. The van der Waals surface area contributed by atoms with Gasteiger partial charge >= 0.3 is 0 Å². The lowest BCUT2D eigenvalue weighted by Crippen LogP contribution is -2.77. The van der Waals surface area contributed by atoms with Gasteiger partial charge < -0.3 is 19.3 Å². The van der Waals surface area contributed by atoms with E-state index in [-0.39, 0.29) is 18.2 Å². The van der Waals surface area contributed by atoms with E-state index in [0.29, 0.717) is 30.8 Å². The summed E-state index contributed by atoms with van der Waals surface area (Å²) < 4.78 is 21.7. The fraction of sp³-hybridized carbons (Fsp3) is 0.340. The Morgan fingerprint density at radius 2 is 1.43 bits per heavy atom. The van der Waals surface area contributed by atoms with Gasteiger partial charge in [0.15, 0.2) is 17.1 Å². The SMILES string of the molecule is N#Cc1ccc(CO[C@@H]2CC[C@@]3(O)[C@H]4Cc5ccc(OC(c6ccccc6)(c6ccccc6)c6ccccc6)c6c5[C@@]3(CCN4CC3CC3)[C@H]2O6)cc1. The molecule has 266 valence electrons. The predicted molar refractivity (Wildman–Crippen MR) is 203 cm³/mol. The van der Waals surface area contributed by atoms with Gasteiger partial charge in [0, 0.05) is 34.8 Å². The van der Waals surface area contributed by atoms with E-state index in [2.05, 4.69) is 95.9 Å². The number of likely N-dealkylation sites (tertiary alicyclic amines) is 1. The molecule has 1 saturated heterocycles. The molecule has 2 heterocycles. The Hall–Kier alpha value is -4.93. The molecule has 2 saturated carbocycles. The average Bonchev–Trinajstić information content (AvgIpc) is 3.96. The van der Waals surface area contributed by atoms with Gasteiger partial charge in [-0.1, -0.05) is 109 Å². The Kier molecular flexibility index (Phi) is 7.77. The number of ether oxygens (including phenoxy) is 3. The number of nitrogens with zero attached hydrogens (tertiary/aromatic N) is 2. The van der Waals surface area contributed by atoms with Crippen molar-refractivity contribution < 1.29 is 19.3 Å². The van der Waals surface area contributed by atoms with Crippen molar-refractivity contribution in [1.29, 1.82) is 5.26 Å². The number of hydrogen-bond donors (Lipinski definition) is 1. The first-order valence-corrected chi connectivity index (χ1v) is 19.3. The number of hydrogen-bond acceptors (Lipinski definition) is 6. The summed E-state index contributed by atoms with van der Waals surface area (Å²) in [5.41, 5.74) is 4.53. The van der Waals surface area contributed by atoms with Crippen LogP contribution in [-0.2, 0) is 28.8 Å². The fourth-order valence-corrected chi connectivity index (χ4v) is 10.4. The normalized spacial score (nSPS) is 27.0. The van der Waals surface area contributed by atoms with Crippen LogP contribution >= 0.6 is 0 Å². The molecule has 53 heavy (non-hydrogen) atoms. The molecular weight excluding hydrogens is 657 g/mol. The van der Waals surface area contributed by atoms with Crippen molar-refractivity contribution in [2.24, 2.45) is 5.92 Å². The summed E-state index contributed by atoms with van der Waals surface area (Å²) in [5, 5.41) is 22.6. The van der Waals surface area contributed by atoms with Crippen LogP contribution in [0.25, 0.3) is 0 Å². The molecule has 0 aromatic heterocycles. The van der Waals surface area contributed by atoms with Crippen molar-refractivity contribution in [3.8, 4) is 17.6 Å². The predicted octanol–water partition coefficient (Wildman–Crippen LogP) is 8.08. The highest BCUT2D eigenvalue weighted by molar-refractivity contribution is 5.64. The average molecular weight is 701 g/mol. The highest BCUT2D eigenvalue weighted by atomic mass is 16.6. The zero-order chi connectivity index (χ0) is 35.6. The Morgan fingerprint density at radius 1 is 0.792 bits per heavy atom. The molecule has 0 amide bonds. The van der Waals surface area contributed by atoms with Crippen molar-refractivity contribution in [1.82, 2.24) is 4.90 Å². The number of benzene rings is 5. The van der Waals surface area contributed by atoms with Crippen molar-refractivity contribution >= 4 is 0 Å². The van der Waals surface area contributed by atoms with Crippen LogP contribution in [0.4, 0.5) is 0 Å². The number of nitriles is 1. The fourth-order valence-electron chi connectivity index (χ4n) is 10.4. The van der Waals surface area contributed by atoms with Crippen molar-refractivity contribution in [2.45, 2.75) is 80.0 Å². The van der Waals surface area contributed by atoms with Gasteiger partial charge in [-0.2, -0.15) is 5.26 Å². The second kappa shape index (κ2) is 12.6. The third-order valence-corrected chi connectivity index (χ3v) is 13.0. The molecular formula is C47H44N2O4. The second-order valence-corrected chi connectivity index (χ2v) is 15.8. The van der Waals surface area contributed by atoms with Gasteiger partial charge in [-0.3, -0.25) is 4.90 Å². The molecule has 2 aliphatic heterocycles. The first-order chi connectivity index (χ1) is 26.0. The molecule has 2 bridgehead atoms. The van der Waals surface area contributed by atoms with Crippen molar-refractivity contribution in [3.05, 3.63) is 166 Å². The Labute approximate surface area is 311 Å². The van der Waals surface area contributed by atoms with E-state index >= 15 is 0 Å². The minimum Gasteiger partial charge on any atom is -0.482 e. The molecule has 5 atom stereocenters. The summed E-state index contributed by atoms with van der Waals surface area (Å²) in [6.07, 6.45) is 4.94. The zero-order valence-corrected chi connectivity index (χ0v) is 29.9. The molecule has 0 unspecified atom stereocenters. The zero-order valence-electron chi connectivity index (χ0n) is 29.9. The minimum absolute atomic E-state index is 0.0321. The van der Waals surface area contributed by atoms with Crippen LogP contribution in [0.1, 0.15) is 71.0 Å². The molecule has 0 radical (unpaired) electrons. The summed E-state index contributed by atoms with van der Waals surface area (Å²) in [6.45, 7) is 2.40. The lowest BCUT2D eigenvalue weighted by Gasteiger charge is -2.64. The van der Waals surface area contributed by atoms with Gasteiger partial charge in [0.1, 0.15) is 6.10 Å². The van der Waals surface area contributed by atoms with Crippen molar-refractivity contribution in [3.63, 3.8) is 0 Å². The minimum atomic E-state index is -0.976. The first kappa shape index (κ1) is 32.7. The van der Waals surface area contributed by atoms with E-state index < -0.39 is 16.6 Å². The molecule has 5 aromatic carbocycles. The highest BCUT2D eigenvalue weighted by Gasteiger charge is 2.73. The highest BCUT2D eigenvalue weighted by Crippen LogP contribution is 2.66. The number of aliphatic hydroxyl groups is 1. The largest absolute Gasteiger partial charge is 0.482 e. The molecule has 5 aliphatic rings.